The van der Waals surface area contributed by atoms with Crippen LogP contribution in [0.4, 0.5) is 10.1 Å². The molecule has 0 aromatic heterocycles. The number of halogens is 1. The maximum Gasteiger partial charge on any atom is 0.243 e. The fourth-order valence-electron chi connectivity index (χ4n) is 2.25. The van der Waals surface area contributed by atoms with Crippen molar-refractivity contribution in [2.24, 2.45) is 0 Å². The maximum absolute atomic E-state index is 13.4. The minimum absolute atomic E-state index is 0.0211. The lowest BCUT2D eigenvalue weighted by molar-refractivity contribution is -0.134. The number of rotatable bonds is 3. The van der Waals surface area contributed by atoms with E-state index in [2.05, 4.69) is 5.32 Å². The molecule has 4 nitrogen and oxygen atoms in total. The predicted octanol–water partition coefficient (Wildman–Crippen LogP) is 2.48. The van der Waals surface area contributed by atoms with E-state index in [4.69, 9.17) is 0 Å². The molecule has 0 bridgehead atoms. The van der Waals surface area contributed by atoms with Gasteiger partial charge in [0.1, 0.15) is 5.82 Å². The summed E-state index contributed by atoms with van der Waals surface area (Å²) in [6.07, 6.45) is 3.35. The lowest BCUT2D eigenvalue weighted by Crippen LogP contribution is -2.37. The summed E-state index contributed by atoms with van der Waals surface area (Å²) >= 11 is 0. The van der Waals surface area contributed by atoms with Gasteiger partial charge in [0.25, 0.3) is 0 Å². The summed E-state index contributed by atoms with van der Waals surface area (Å²) < 4.78 is 13.4. The van der Waals surface area contributed by atoms with Gasteiger partial charge in [-0.1, -0.05) is 12.5 Å². The van der Waals surface area contributed by atoms with E-state index in [0.29, 0.717) is 24.2 Å². The molecule has 2 amide bonds. The Bertz CT molecular complexity index is 517. The molecule has 0 spiro atoms. The van der Waals surface area contributed by atoms with Gasteiger partial charge in [-0.15, -0.1) is 0 Å². The van der Waals surface area contributed by atoms with E-state index >= 15 is 0 Å². The lowest BCUT2D eigenvalue weighted by atomic mass is 10.2. The summed E-state index contributed by atoms with van der Waals surface area (Å²) in [5.74, 6) is -0.620. The van der Waals surface area contributed by atoms with Crippen molar-refractivity contribution in [2.75, 3.05) is 18.4 Å². The molecule has 1 saturated heterocycles. The maximum atomic E-state index is 13.4. The first-order valence-corrected chi connectivity index (χ1v) is 6.90. The van der Waals surface area contributed by atoms with Crippen molar-refractivity contribution in [3.8, 4) is 0 Å². The Morgan fingerprint density at radius 1 is 1.35 bits per heavy atom. The first kappa shape index (κ1) is 14.5. The van der Waals surface area contributed by atoms with E-state index in [1.54, 1.807) is 24.0 Å². The van der Waals surface area contributed by atoms with E-state index in [-0.39, 0.29) is 24.2 Å². The van der Waals surface area contributed by atoms with E-state index in [1.165, 1.54) is 6.07 Å². The van der Waals surface area contributed by atoms with Gasteiger partial charge in [-0.3, -0.25) is 9.59 Å². The predicted molar refractivity (Wildman–Crippen MR) is 74.8 cm³/mol. The molecule has 0 radical (unpaired) electrons. The molecule has 1 aromatic carbocycles. The number of nitrogens with one attached hydrogen (secondary N) is 1. The van der Waals surface area contributed by atoms with Crippen LogP contribution < -0.4 is 5.32 Å². The third-order valence-corrected chi connectivity index (χ3v) is 3.46. The summed E-state index contributed by atoms with van der Waals surface area (Å²) in [5, 5.41) is 2.63. The number of carbonyl (C=O) groups excluding carboxylic acids is 2. The van der Waals surface area contributed by atoms with Gasteiger partial charge in [-0.2, -0.15) is 0 Å². The average molecular weight is 278 g/mol. The Morgan fingerprint density at radius 3 is 2.90 bits per heavy atom. The summed E-state index contributed by atoms with van der Waals surface area (Å²) in [4.78, 5) is 25.3. The molecule has 1 aliphatic rings. The molecular formula is C15H19FN2O2. The zero-order valence-corrected chi connectivity index (χ0v) is 11.6. The quantitative estimate of drug-likeness (QED) is 0.923. The van der Waals surface area contributed by atoms with Crippen LogP contribution in [0, 0.1) is 12.7 Å². The van der Waals surface area contributed by atoms with Crippen molar-refractivity contribution in [1.29, 1.82) is 0 Å². The Labute approximate surface area is 118 Å². The van der Waals surface area contributed by atoms with Crippen molar-refractivity contribution in [3.05, 3.63) is 29.6 Å². The SMILES string of the molecule is Cc1ccc(NC(=O)CN2CCCCCC2=O)cc1F. The molecule has 0 unspecified atom stereocenters. The molecule has 5 heteroatoms. The van der Waals surface area contributed by atoms with Crippen LogP contribution in [0.25, 0.3) is 0 Å². The van der Waals surface area contributed by atoms with Crippen molar-refractivity contribution in [3.63, 3.8) is 0 Å². The fourth-order valence-corrected chi connectivity index (χ4v) is 2.25. The number of benzene rings is 1. The number of hydrogen-bond acceptors (Lipinski definition) is 2. The first-order chi connectivity index (χ1) is 9.56. The number of carbonyl (C=O) groups is 2. The first-order valence-electron chi connectivity index (χ1n) is 6.90. The lowest BCUT2D eigenvalue weighted by Gasteiger charge is -2.19. The van der Waals surface area contributed by atoms with Crippen LogP contribution in [-0.4, -0.2) is 29.8 Å². The summed E-state index contributed by atoms with van der Waals surface area (Å²) in [5.41, 5.74) is 0.950. The van der Waals surface area contributed by atoms with E-state index in [9.17, 15) is 14.0 Å². The number of aryl methyl sites for hydroxylation is 1. The third-order valence-electron chi connectivity index (χ3n) is 3.46. The number of anilines is 1. The van der Waals surface area contributed by atoms with Gasteiger partial charge in [0.15, 0.2) is 0 Å². The zero-order chi connectivity index (χ0) is 14.5. The van der Waals surface area contributed by atoms with Gasteiger partial charge in [-0.25, -0.2) is 4.39 Å². The Balaban J connectivity index is 1.94. The molecular weight excluding hydrogens is 259 g/mol. The Kier molecular flexibility index (Phi) is 4.71. The monoisotopic (exact) mass is 278 g/mol. The van der Waals surface area contributed by atoms with Gasteiger partial charge in [-0.05, 0) is 37.5 Å². The van der Waals surface area contributed by atoms with Gasteiger partial charge in [0, 0.05) is 18.7 Å². The van der Waals surface area contributed by atoms with Crippen molar-refractivity contribution < 1.29 is 14.0 Å². The van der Waals surface area contributed by atoms with Crippen molar-refractivity contribution >= 4 is 17.5 Å². The highest BCUT2D eigenvalue weighted by Crippen LogP contribution is 2.14. The van der Waals surface area contributed by atoms with Gasteiger partial charge >= 0.3 is 0 Å². The fraction of sp³-hybridized carbons (Fsp3) is 0.467. The normalized spacial score (nSPS) is 15.9. The van der Waals surface area contributed by atoms with Crippen LogP contribution >= 0.6 is 0 Å². The molecule has 1 heterocycles. The molecule has 0 aliphatic carbocycles. The standard InChI is InChI=1S/C15H19FN2O2/c1-11-6-7-12(9-13(11)16)17-14(19)10-18-8-4-2-3-5-15(18)20/h6-7,9H,2-5,8,10H2,1H3,(H,17,19). The molecule has 1 N–H and O–H groups in total. The highest BCUT2D eigenvalue weighted by Gasteiger charge is 2.19. The van der Waals surface area contributed by atoms with Gasteiger partial charge in [0.2, 0.25) is 11.8 Å². The highest BCUT2D eigenvalue weighted by molar-refractivity contribution is 5.94. The molecule has 1 aromatic rings. The van der Waals surface area contributed by atoms with Crippen LogP contribution in [0.5, 0.6) is 0 Å². The second kappa shape index (κ2) is 6.50. The highest BCUT2D eigenvalue weighted by atomic mass is 19.1. The van der Waals surface area contributed by atoms with Crippen LogP contribution in [0.3, 0.4) is 0 Å². The molecule has 1 fully saturated rings. The summed E-state index contributed by atoms with van der Waals surface area (Å²) in [6, 6.07) is 4.56. The second-order valence-electron chi connectivity index (χ2n) is 5.14. The van der Waals surface area contributed by atoms with Crippen molar-refractivity contribution in [1.82, 2.24) is 4.90 Å². The average Bonchev–Trinajstić information content (AvgIpc) is 2.59. The van der Waals surface area contributed by atoms with Gasteiger partial charge in [0.05, 0.1) is 6.54 Å². The largest absolute Gasteiger partial charge is 0.333 e. The molecule has 20 heavy (non-hydrogen) atoms. The molecule has 108 valence electrons. The van der Waals surface area contributed by atoms with E-state index < -0.39 is 0 Å². The third kappa shape index (κ3) is 3.79. The number of nitrogens with zero attached hydrogens (tertiary/aromatic N) is 1. The van der Waals surface area contributed by atoms with Crippen LogP contribution in [0.1, 0.15) is 31.2 Å². The van der Waals surface area contributed by atoms with Crippen LogP contribution in [0.15, 0.2) is 18.2 Å². The molecule has 1 aliphatic heterocycles. The van der Waals surface area contributed by atoms with Crippen LogP contribution in [0.2, 0.25) is 0 Å². The molecule has 0 saturated carbocycles. The number of likely N-dealkylation sites (tertiary alicyclic amines) is 1. The summed E-state index contributed by atoms with van der Waals surface area (Å²) in [7, 11) is 0. The van der Waals surface area contributed by atoms with Crippen molar-refractivity contribution in [2.45, 2.75) is 32.6 Å². The van der Waals surface area contributed by atoms with E-state index in [0.717, 1.165) is 19.3 Å². The topological polar surface area (TPSA) is 49.4 Å². The minimum atomic E-state index is -0.353. The number of amides is 2. The Hall–Kier alpha value is -1.91. The summed E-state index contributed by atoms with van der Waals surface area (Å²) in [6.45, 7) is 2.32. The Morgan fingerprint density at radius 2 is 2.15 bits per heavy atom. The zero-order valence-electron chi connectivity index (χ0n) is 11.6. The van der Waals surface area contributed by atoms with E-state index in [1.807, 2.05) is 0 Å². The van der Waals surface area contributed by atoms with Gasteiger partial charge < -0.3 is 10.2 Å². The molecule has 2 rings (SSSR count). The molecule has 0 atom stereocenters. The second-order valence-corrected chi connectivity index (χ2v) is 5.14. The smallest absolute Gasteiger partial charge is 0.243 e. The minimum Gasteiger partial charge on any atom is -0.333 e. The number of hydrogen-bond donors (Lipinski definition) is 1. The van der Waals surface area contributed by atoms with Crippen LogP contribution in [-0.2, 0) is 9.59 Å².